The molecule has 0 saturated carbocycles. The van der Waals surface area contributed by atoms with E-state index in [-0.39, 0.29) is 21.4 Å². The first-order valence-electron chi connectivity index (χ1n) is 10.2. The zero-order valence-electron chi connectivity index (χ0n) is 17.1. The number of carbonyl (C=O) groups is 1. The van der Waals surface area contributed by atoms with Crippen molar-refractivity contribution < 1.29 is 17.9 Å². The van der Waals surface area contributed by atoms with Gasteiger partial charge in [0.2, 0.25) is 10.0 Å². The Kier molecular flexibility index (Phi) is 7.75. The van der Waals surface area contributed by atoms with Crippen LogP contribution in [0.15, 0.2) is 47.4 Å². The van der Waals surface area contributed by atoms with Crippen LogP contribution in [-0.2, 0) is 16.4 Å². The number of halogens is 1. The summed E-state index contributed by atoms with van der Waals surface area (Å²) in [5, 5.41) is 3.07. The van der Waals surface area contributed by atoms with Crippen LogP contribution in [0.2, 0.25) is 5.02 Å². The van der Waals surface area contributed by atoms with Crippen molar-refractivity contribution in [2.75, 3.05) is 26.2 Å². The molecule has 8 heteroatoms. The lowest BCUT2D eigenvalue weighted by atomic mass is 10.1. The van der Waals surface area contributed by atoms with Gasteiger partial charge >= 0.3 is 0 Å². The maximum absolute atomic E-state index is 12.8. The van der Waals surface area contributed by atoms with Crippen LogP contribution in [0.4, 0.5) is 0 Å². The van der Waals surface area contributed by atoms with E-state index in [1.54, 1.807) is 0 Å². The number of carbonyl (C=O) groups excluding carboxylic acids is 1. The fourth-order valence-electron chi connectivity index (χ4n) is 3.50. The van der Waals surface area contributed by atoms with Crippen LogP contribution in [0.3, 0.4) is 0 Å². The molecule has 0 aromatic heterocycles. The number of nitrogens with zero attached hydrogens (tertiary/aromatic N) is 1. The van der Waals surface area contributed by atoms with Gasteiger partial charge in [-0.1, -0.05) is 29.8 Å². The predicted molar refractivity (Wildman–Crippen MR) is 118 cm³/mol. The molecule has 0 atom stereocenters. The highest BCUT2D eigenvalue weighted by atomic mass is 35.5. The van der Waals surface area contributed by atoms with E-state index in [9.17, 15) is 13.2 Å². The van der Waals surface area contributed by atoms with Gasteiger partial charge in [-0.3, -0.25) is 4.79 Å². The maximum atomic E-state index is 12.8. The molecule has 0 unspecified atom stereocenters. The van der Waals surface area contributed by atoms with Crippen molar-refractivity contribution in [1.82, 2.24) is 9.62 Å². The van der Waals surface area contributed by atoms with E-state index in [1.807, 2.05) is 31.2 Å². The van der Waals surface area contributed by atoms with Crippen molar-refractivity contribution in [3.05, 3.63) is 58.6 Å². The normalized spacial score (nSPS) is 14.6. The molecule has 1 fully saturated rings. The van der Waals surface area contributed by atoms with Gasteiger partial charge in [-0.05, 0) is 62.4 Å². The molecule has 2 aromatic rings. The number of para-hydroxylation sites is 1. The van der Waals surface area contributed by atoms with Gasteiger partial charge in [-0.25, -0.2) is 8.42 Å². The van der Waals surface area contributed by atoms with E-state index in [2.05, 4.69) is 5.32 Å². The summed E-state index contributed by atoms with van der Waals surface area (Å²) in [5.41, 5.74) is 1.26. The number of sulfonamides is 1. The summed E-state index contributed by atoms with van der Waals surface area (Å²) in [7, 11) is -3.60. The molecule has 162 valence electrons. The molecule has 0 aliphatic carbocycles. The topological polar surface area (TPSA) is 75.7 Å². The molecule has 2 aromatic carbocycles. The number of ether oxygens (including phenoxy) is 1. The van der Waals surface area contributed by atoms with E-state index in [4.69, 9.17) is 16.3 Å². The minimum atomic E-state index is -3.60. The van der Waals surface area contributed by atoms with Gasteiger partial charge < -0.3 is 10.1 Å². The van der Waals surface area contributed by atoms with Crippen LogP contribution in [-0.4, -0.2) is 44.9 Å². The Morgan fingerprint density at radius 3 is 2.63 bits per heavy atom. The molecule has 3 rings (SSSR count). The third-order valence-electron chi connectivity index (χ3n) is 5.07. The first-order chi connectivity index (χ1) is 14.4. The van der Waals surface area contributed by atoms with Gasteiger partial charge in [-0.15, -0.1) is 0 Å². The number of rotatable bonds is 9. The number of hydrogen-bond acceptors (Lipinski definition) is 4. The van der Waals surface area contributed by atoms with Crippen molar-refractivity contribution in [3.8, 4) is 5.75 Å². The summed E-state index contributed by atoms with van der Waals surface area (Å²) in [4.78, 5) is 12.7. The predicted octanol–water partition coefficient (Wildman–Crippen LogP) is 3.89. The second kappa shape index (κ2) is 10.3. The third-order valence-corrected chi connectivity index (χ3v) is 7.29. The highest BCUT2D eigenvalue weighted by Gasteiger charge is 2.28. The Labute approximate surface area is 183 Å². The van der Waals surface area contributed by atoms with Crippen molar-refractivity contribution >= 4 is 27.5 Å². The number of benzene rings is 2. The van der Waals surface area contributed by atoms with E-state index in [1.165, 1.54) is 22.5 Å². The zero-order chi connectivity index (χ0) is 21.6. The molecule has 1 amide bonds. The van der Waals surface area contributed by atoms with Gasteiger partial charge in [-0.2, -0.15) is 4.31 Å². The monoisotopic (exact) mass is 450 g/mol. The van der Waals surface area contributed by atoms with Crippen LogP contribution in [0, 0.1) is 0 Å². The van der Waals surface area contributed by atoms with Gasteiger partial charge in [0, 0.05) is 19.6 Å². The number of hydrogen-bond donors (Lipinski definition) is 1. The second-order valence-electron chi connectivity index (χ2n) is 7.15. The molecule has 0 bridgehead atoms. The first-order valence-corrected chi connectivity index (χ1v) is 12.0. The quantitative estimate of drug-likeness (QED) is 0.588. The van der Waals surface area contributed by atoms with Crippen LogP contribution in [0.1, 0.15) is 42.1 Å². The Hall–Kier alpha value is -2.09. The fourth-order valence-corrected chi connectivity index (χ4v) is 5.25. The van der Waals surface area contributed by atoms with Crippen LogP contribution in [0.5, 0.6) is 5.75 Å². The van der Waals surface area contributed by atoms with E-state index < -0.39 is 10.0 Å². The lowest BCUT2D eigenvalue weighted by molar-refractivity contribution is 0.0953. The summed E-state index contributed by atoms with van der Waals surface area (Å²) in [6.07, 6.45) is 3.19. The lowest BCUT2D eigenvalue weighted by Crippen LogP contribution is -2.29. The molecular formula is C22H27ClN2O4S. The number of amides is 1. The fraction of sp³-hybridized carbons (Fsp3) is 0.409. The van der Waals surface area contributed by atoms with Gasteiger partial charge in [0.25, 0.3) is 5.91 Å². The Balaban J connectivity index is 1.62. The van der Waals surface area contributed by atoms with Crippen molar-refractivity contribution in [2.45, 2.75) is 37.5 Å². The van der Waals surface area contributed by atoms with Crippen LogP contribution < -0.4 is 10.1 Å². The standard InChI is InChI=1S/C22H27ClN2O4S/c1-2-29-21-10-4-3-8-17(21)9-7-13-24-22(26)19-16-18(11-12-20(19)23)30(27,28)25-14-5-6-15-25/h3-4,8,10-12,16H,2,5-7,9,13-15H2,1H3,(H,24,26). The second-order valence-corrected chi connectivity index (χ2v) is 9.50. The highest BCUT2D eigenvalue weighted by Crippen LogP contribution is 2.25. The molecule has 1 aliphatic rings. The molecule has 1 heterocycles. The zero-order valence-corrected chi connectivity index (χ0v) is 18.6. The summed E-state index contributed by atoms with van der Waals surface area (Å²) < 4.78 is 32.6. The minimum absolute atomic E-state index is 0.101. The summed E-state index contributed by atoms with van der Waals surface area (Å²) in [6, 6.07) is 12.1. The Morgan fingerprint density at radius 2 is 1.90 bits per heavy atom. The summed E-state index contributed by atoms with van der Waals surface area (Å²) in [6.45, 7) is 4.01. The highest BCUT2D eigenvalue weighted by molar-refractivity contribution is 7.89. The molecule has 1 N–H and O–H groups in total. The van der Waals surface area contributed by atoms with Crippen molar-refractivity contribution in [2.24, 2.45) is 0 Å². The van der Waals surface area contributed by atoms with Gasteiger partial charge in [0.05, 0.1) is 22.1 Å². The molecule has 0 radical (unpaired) electrons. The smallest absolute Gasteiger partial charge is 0.252 e. The van der Waals surface area contributed by atoms with E-state index in [0.717, 1.165) is 37.0 Å². The molecule has 0 spiro atoms. The number of aryl methyl sites for hydroxylation is 1. The van der Waals surface area contributed by atoms with Crippen molar-refractivity contribution in [3.63, 3.8) is 0 Å². The summed E-state index contributed by atoms with van der Waals surface area (Å²) >= 11 is 6.18. The first kappa shape index (κ1) is 22.6. The third kappa shape index (κ3) is 5.33. The SMILES string of the molecule is CCOc1ccccc1CCCNC(=O)c1cc(S(=O)(=O)N2CCCC2)ccc1Cl. The van der Waals surface area contributed by atoms with Crippen LogP contribution in [0.25, 0.3) is 0 Å². The molecule has 6 nitrogen and oxygen atoms in total. The van der Waals surface area contributed by atoms with Gasteiger partial charge in [0.1, 0.15) is 5.75 Å². The average molecular weight is 451 g/mol. The maximum Gasteiger partial charge on any atom is 0.252 e. The largest absolute Gasteiger partial charge is 0.494 e. The van der Waals surface area contributed by atoms with E-state index in [0.29, 0.717) is 26.2 Å². The van der Waals surface area contributed by atoms with Crippen molar-refractivity contribution in [1.29, 1.82) is 0 Å². The van der Waals surface area contributed by atoms with Crippen LogP contribution >= 0.6 is 11.6 Å². The minimum Gasteiger partial charge on any atom is -0.494 e. The number of nitrogens with one attached hydrogen (secondary N) is 1. The molecule has 30 heavy (non-hydrogen) atoms. The lowest BCUT2D eigenvalue weighted by Gasteiger charge is -2.16. The summed E-state index contributed by atoms with van der Waals surface area (Å²) in [5.74, 6) is 0.478. The van der Waals surface area contributed by atoms with Gasteiger partial charge in [0.15, 0.2) is 0 Å². The van der Waals surface area contributed by atoms with E-state index >= 15 is 0 Å². The Morgan fingerprint density at radius 1 is 1.17 bits per heavy atom. The molecular weight excluding hydrogens is 424 g/mol. The molecule has 1 aliphatic heterocycles. The molecule has 1 saturated heterocycles. The average Bonchev–Trinajstić information content (AvgIpc) is 3.28. The Bertz CT molecular complexity index is 988.